The Labute approximate surface area is 101 Å². The molecule has 86 valence electrons. The summed E-state index contributed by atoms with van der Waals surface area (Å²) in [4.78, 5) is 30.1. The Morgan fingerprint density at radius 1 is 1.18 bits per heavy atom. The van der Waals surface area contributed by atoms with Crippen molar-refractivity contribution >= 4 is 24.9 Å². The van der Waals surface area contributed by atoms with Crippen molar-refractivity contribution in [2.24, 2.45) is 0 Å². The molecule has 0 N–H and O–H groups in total. The second-order valence-corrected chi connectivity index (χ2v) is 3.05. The van der Waals surface area contributed by atoms with Crippen molar-refractivity contribution in [1.29, 1.82) is 0 Å². The van der Waals surface area contributed by atoms with Crippen molar-refractivity contribution in [2.45, 2.75) is 0 Å². The molecule has 17 heavy (non-hydrogen) atoms. The molecule has 0 saturated carbocycles. The predicted molar refractivity (Wildman–Crippen MR) is 59.3 cm³/mol. The summed E-state index contributed by atoms with van der Waals surface area (Å²) in [7, 11) is 0. The second-order valence-electron chi connectivity index (χ2n) is 2.65. The largest absolute Gasteiger partial charge is 0.434 e. The first-order valence-corrected chi connectivity index (χ1v) is 4.77. The summed E-state index contributed by atoms with van der Waals surface area (Å²) in [6, 6.07) is 1.49. The minimum atomic E-state index is -0.814. The van der Waals surface area contributed by atoms with Crippen molar-refractivity contribution in [3.63, 3.8) is 0 Å². The first-order valence-electron chi connectivity index (χ1n) is 4.37. The highest BCUT2D eigenvalue weighted by atomic mass is 32.1. The van der Waals surface area contributed by atoms with Gasteiger partial charge in [0, 0.05) is 12.4 Å². The molecule has 0 radical (unpaired) electrons. The molecule has 0 spiro atoms. The van der Waals surface area contributed by atoms with Crippen LogP contribution in [-0.4, -0.2) is 31.0 Å². The summed E-state index contributed by atoms with van der Waals surface area (Å²) in [6.07, 6.45) is 4.55. The number of carbonyl (C=O) groups excluding carboxylic acids is 1. The van der Waals surface area contributed by atoms with Gasteiger partial charge in [0.15, 0.2) is 0 Å². The smallest absolute Gasteiger partial charge is 0.373 e. The third kappa shape index (κ3) is 2.84. The predicted octanol–water partition coefficient (Wildman–Crippen LogP) is 0.512. The number of hydrogen-bond acceptors (Lipinski definition) is 8. The zero-order valence-electron chi connectivity index (χ0n) is 8.33. The van der Waals surface area contributed by atoms with E-state index in [1.165, 1.54) is 25.0 Å². The summed E-state index contributed by atoms with van der Waals surface area (Å²) < 4.78 is 5.64. The molecule has 2 aromatic heterocycles. The van der Waals surface area contributed by atoms with Crippen LogP contribution in [0.1, 0.15) is 0 Å². The molecule has 0 aliphatic rings. The normalized spacial score (nSPS) is 9.71. The SMILES string of the molecule is O=C(Oc1ncncn1)N(S)c1ncccn1. The minimum absolute atomic E-state index is 0.0925. The maximum Gasteiger partial charge on any atom is 0.434 e. The molecule has 0 unspecified atom stereocenters. The van der Waals surface area contributed by atoms with Crippen LogP contribution >= 0.6 is 12.8 Å². The lowest BCUT2D eigenvalue weighted by Gasteiger charge is -2.11. The van der Waals surface area contributed by atoms with E-state index in [0.717, 1.165) is 4.31 Å². The van der Waals surface area contributed by atoms with Crippen molar-refractivity contribution in [2.75, 3.05) is 4.31 Å². The summed E-state index contributed by atoms with van der Waals surface area (Å²) in [5, 5.41) is 0. The van der Waals surface area contributed by atoms with Crippen LogP contribution in [0.3, 0.4) is 0 Å². The van der Waals surface area contributed by atoms with Crippen molar-refractivity contribution in [1.82, 2.24) is 24.9 Å². The molecule has 0 aliphatic carbocycles. The van der Waals surface area contributed by atoms with Gasteiger partial charge in [-0.3, -0.25) is 0 Å². The number of amides is 1. The topological polar surface area (TPSA) is 94.0 Å². The second kappa shape index (κ2) is 5.16. The Hall–Kier alpha value is -2.29. The molecule has 1 amide bonds. The molecule has 8 nitrogen and oxygen atoms in total. The van der Waals surface area contributed by atoms with E-state index >= 15 is 0 Å². The average Bonchev–Trinajstić information content (AvgIpc) is 2.40. The summed E-state index contributed by atoms with van der Waals surface area (Å²) in [6.45, 7) is 0. The van der Waals surface area contributed by atoms with Gasteiger partial charge in [0.05, 0.1) is 0 Å². The van der Waals surface area contributed by atoms with E-state index in [9.17, 15) is 4.79 Å². The highest BCUT2D eigenvalue weighted by Gasteiger charge is 2.17. The lowest BCUT2D eigenvalue weighted by molar-refractivity contribution is 0.208. The Morgan fingerprint density at radius 3 is 2.47 bits per heavy atom. The molecule has 0 atom stereocenters. The van der Waals surface area contributed by atoms with Crippen LogP contribution in [0.15, 0.2) is 31.1 Å². The van der Waals surface area contributed by atoms with E-state index in [-0.39, 0.29) is 12.0 Å². The fourth-order valence-electron chi connectivity index (χ4n) is 0.885. The Balaban J connectivity index is 2.06. The number of nitrogens with zero attached hydrogens (tertiary/aromatic N) is 6. The third-order valence-corrected chi connectivity index (χ3v) is 1.90. The lowest BCUT2D eigenvalue weighted by atomic mass is 10.7. The maximum atomic E-state index is 11.6. The Morgan fingerprint density at radius 2 is 1.82 bits per heavy atom. The molecule has 0 aliphatic heterocycles. The first kappa shape index (κ1) is 11.2. The van der Waals surface area contributed by atoms with Crippen LogP contribution in [0.5, 0.6) is 6.01 Å². The lowest BCUT2D eigenvalue weighted by Crippen LogP contribution is -2.26. The summed E-state index contributed by atoms with van der Waals surface area (Å²) in [5.41, 5.74) is 0. The quantitative estimate of drug-likeness (QED) is 0.776. The van der Waals surface area contributed by atoms with Gasteiger partial charge in [0.2, 0.25) is 5.95 Å². The van der Waals surface area contributed by atoms with E-state index in [4.69, 9.17) is 4.74 Å². The van der Waals surface area contributed by atoms with Gasteiger partial charge in [-0.1, -0.05) is 12.8 Å². The van der Waals surface area contributed by atoms with Gasteiger partial charge in [-0.25, -0.2) is 19.7 Å². The molecule has 2 heterocycles. The zero-order valence-corrected chi connectivity index (χ0v) is 9.23. The number of carbonyl (C=O) groups is 1. The molecule has 0 bridgehead atoms. The fraction of sp³-hybridized carbons (Fsp3) is 0. The number of ether oxygens (including phenoxy) is 1. The van der Waals surface area contributed by atoms with Crippen LogP contribution in [-0.2, 0) is 0 Å². The van der Waals surface area contributed by atoms with Crippen LogP contribution < -0.4 is 9.04 Å². The average molecular weight is 250 g/mol. The summed E-state index contributed by atoms with van der Waals surface area (Å²) >= 11 is 3.91. The maximum absolute atomic E-state index is 11.6. The third-order valence-electron chi connectivity index (χ3n) is 1.56. The van der Waals surface area contributed by atoms with E-state index < -0.39 is 6.09 Å². The number of rotatable bonds is 2. The fourth-order valence-corrected chi connectivity index (χ4v) is 1.03. The van der Waals surface area contributed by atoms with Crippen LogP contribution in [0.25, 0.3) is 0 Å². The molecule has 2 aromatic rings. The molecule has 0 aromatic carbocycles. The summed E-state index contributed by atoms with van der Waals surface area (Å²) in [5.74, 6) is 0.0925. The van der Waals surface area contributed by atoms with Gasteiger partial charge in [-0.15, -0.1) is 0 Å². The number of hydrogen-bond donors (Lipinski definition) is 1. The standard InChI is InChI=1S/C8H6N6O2S/c15-8(16-7-12-4-9-5-13-7)14(17)6-10-2-1-3-11-6/h1-5,17H. The van der Waals surface area contributed by atoms with Gasteiger partial charge in [-0.05, 0) is 6.07 Å². The van der Waals surface area contributed by atoms with Gasteiger partial charge in [0.1, 0.15) is 12.7 Å². The van der Waals surface area contributed by atoms with Crippen molar-refractivity contribution in [3.8, 4) is 6.01 Å². The van der Waals surface area contributed by atoms with Crippen molar-refractivity contribution in [3.05, 3.63) is 31.1 Å². The Kier molecular flexibility index (Phi) is 3.40. The van der Waals surface area contributed by atoms with Gasteiger partial charge >= 0.3 is 12.1 Å². The molecular formula is C8H6N6O2S. The first-order chi connectivity index (χ1) is 8.27. The number of thiol groups is 1. The molecule has 0 saturated heterocycles. The highest BCUT2D eigenvalue weighted by Crippen LogP contribution is 2.10. The monoisotopic (exact) mass is 250 g/mol. The van der Waals surface area contributed by atoms with Crippen LogP contribution in [0.2, 0.25) is 0 Å². The van der Waals surface area contributed by atoms with E-state index in [1.54, 1.807) is 6.07 Å². The zero-order chi connectivity index (χ0) is 12.1. The highest BCUT2D eigenvalue weighted by molar-refractivity contribution is 7.82. The molecule has 9 heteroatoms. The van der Waals surface area contributed by atoms with Crippen LogP contribution in [0, 0.1) is 0 Å². The van der Waals surface area contributed by atoms with Gasteiger partial charge < -0.3 is 4.74 Å². The minimum Gasteiger partial charge on any atom is -0.373 e. The van der Waals surface area contributed by atoms with Crippen LogP contribution in [0.4, 0.5) is 10.7 Å². The van der Waals surface area contributed by atoms with E-state index in [2.05, 4.69) is 37.7 Å². The molecule has 2 rings (SSSR count). The van der Waals surface area contributed by atoms with Gasteiger partial charge in [-0.2, -0.15) is 14.3 Å². The van der Waals surface area contributed by atoms with Crippen molar-refractivity contribution < 1.29 is 9.53 Å². The Bertz CT molecular complexity index is 496. The van der Waals surface area contributed by atoms with E-state index in [0.29, 0.717) is 0 Å². The van der Waals surface area contributed by atoms with E-state index in [1.807, 2.05) is 0 Å². The number of aromatic nitrogens is 5. The molecule has 0 fully saturated rings. The van der Waals surface area contributed by atoms with Gasteiger partial charge in [0.25, 0.3) is 0 Å². The number of anilines is 1. The molecular weight excluding hydrogens is 244 g/mol.